The lowest BCUT2D eigenvalue weighted by Crippen LogP contribution is -1.94. The van der Waals surface area contributed by atoms with Crippen molar-refractivity contribution in [2.75, 3.05) is 5.73 Å². The molecule has 1 heterocycles. The standard InChI is InChI=1S/C11H8Cl2N2O2/c12-6-4-7(13)11(15-5-6)17-9-3-1-2-8(16)10(9)14/h1-5,16H,14H2. The van der Waals surface area contributed by atoms with Crippen LogP contribution in [0.2, 0.25) is 10.0 Å². The average molecular weight is 271 g/mol. The van der Waals surface area contributed by atoms with Gasteiger partial charge in [-0.05, 0) is 18.2 Å². The number of aromatic hydroxyl groups is 1. The number of ether oxygens (including phenoxy) is 1. The molecule has 0 amide bonds. The van der Waals surface area contributed by atoms with Crippen molar-refractivity contribution < 1.29 is 9.84 Å². The number of hydrogen-bond acceptors (Lipinski definition) is 4. The highest BCUT2D eigenvalue weighted by atomic mass is 35.5. The molecule has 2 rings (SSSR count). The predicted octanol–water partition coefficient (Wildman–Crippen LogP) is 3.47. The van der Waals surface area contributed by atoms with Crippen LogP contribution >= 0.6 is 23.2 Å². The van der Waals surface area contributed by atoms with Crippen molar-refractivity contribution in [2.24, 2.45) is 0 Å². The van der Waals surface area contributed by atoms with Crippen LogP contribution in [0.15, 0.2) is 30.5 Å². The molecule has 0 fully saturated rings. The number of hydrogen-bond donors (Lipinski definition) is 2. The Kier molecular flexibility index (Phi) is 3.26. The first-order chi connectivity index (χ1) is 8.08. The molecule has 0 aliphatic rings. The van der Waals surface area contributed by atoms with E-state index in [0.717, 1.165) is 0 Å². The highest BCUT2D eigenvalue weighted by Crippen LogP contribution is 2.35. The first-order valence-electron chi connectivity index (χ1n) is 4.64. The van der Waals surface area contributed by atoms with E-state index in [1.165, 1.54) is 18.3 Å². The Morgan fingerprint density at radius 1 is 1.29 bits per heavy atom. The molecule has 88 valence electrons. The highest BCUT2D eigenvalue weighted by molar-refractivity contribution is 6.35. The first-order valence-corrected chi connectivity index (χ1v) is 5.40. The van der Waals surface area contributed by atoms with Crippen LogP contribution in [0.5, 0.6) is 17.4 Å². The molecule has 0 spiro atoms. The smallest absolute Gasteiger partial charge is 0.238 e. The van der Waals surface area contributed by atoms with E-state index in [1.807, 2.05) is 0 Å². The Labute approximate surface area is 108 Å². The molecule has 6 heteroatoms. The summed E-state index contributed by atoms with van der Waals surface area (Å²) in [5.41, 5.74) is 5.76. The fourth-order valence-electron chi connectivity index (χ4n) is 1.20. The molecule has 0 saturated heterocycles. The van der Waals surface area contributed by atoms with Crippen molar-refractivity contribution in [1.82, 2.24) is 4.98 Å². The van der Waals surface area contributed by atoms with Crippen molar-refractivity contribution in [2.45, 2.75) is 0 Å². The largest absolute Gasteiger partial charge is 0.506 e. The zero-order valence-corrected chi connectivity index (χ0v) is 10.0. The summed E-state index contributed by atoms with van der Waals surface area (Å²) in [5.74, 6) is 0.391. The van der Waals surface area contributed by atoms with Gasteiger partial charge in [-0.25, -0.2) is 4.98 Å². The second kappa shape index (κ2) is 4.69. The number of nitrogens with zero attached hydrogens (tertiary/aromatic N) is 1. The van der Waals surface area contributed by atoms with Gasteiger partial charge in [-0.2, -0.15) is 0 Å². The number of nitrogens with two attached hydrogens (primary N) is 1. The van der Waals surface area contributed by atoms with Crippen LogP contribution in [-0.4, -0.2) is 10.1 Å². The van der Waals surface area contributed by atoms with Crippen molar-refractivity contribution in [3.8, 4) is 17.4 Å². The number of para-hydroxylation sites is 1. The number of benzene rings is 1. The van der Waals surface area contributed by atoms with Crippen LogP contribution in [0.1, 0.15) is 0 Å². The summed E-state index contributed by atoms with van der Waals surface area (Å²) in [6.07, 6.45) is 1.40. The van der Waals surface area contributed by atoms with Gasteiger partial charge in [0, 0.05) is 6.20 Å². The van der Waals surface area contributed by atoms with E-state index < -0.39 is 0 Å². The number of pyridine rings is 1. The summed E-state index contributed by atoms with van der Waals surface area (Å²) in [7, 11) is 0. The van der Waals surface area contributed by atoms with Crippen molar-refractivity contribution in [1.29, 1.82) is 0 Å². The number of aromatic nitrogens is 1. The minimum Gasteiger partial charge on any atom is -0.506 e. The lowest BCUT2D eigenvalue weighted by molar-refractivity contribution is 0.450. The minimum atomic E-state index is -0.0624. The summed E-state index contributed by atoms with van der Waals surface area (Å²) >= 11 is 11.6. The SMILES string of the molecule is Nc1c(O)cccc1Oc1ncc(Cl)cc1Cl. The first kappa shape index (κ1) is 11.8. The van der Waals surface area contributed by atoms with Gasteiger partial charge in [-0.15, -0.1) is 0 Å². The highest BCUT2D eigenvalue weighted by Gasteiger charge is 2.10. The van der Waals surface area contributed by atoms with E-state index in [9.17, 15) is 5.11 Å². The van der Waals surface area contributed by atoms with E-state index in [2.05, 4.69) is 4.98 Å². The van der Waals surface area contributed by atoms with Crippen LogP contribution in [0.4, 0.5) is 5.69 Å². The topological polar surface area (TPSA) is 68.4 Å². The summed E-state index contributed by atoms with van der Waals surface area (Å²) < 4.78 is 5.39. The van der Waals surface area contributed by atoms with Crippen LogP contribution in [0.25, 0.3) is 0 Å². The number of anilines is 1. The summed E-state index contributed by atoms with van der Waals surface area (Å²) in [6, 6.07) is 6.16. The van der Waals surface area contributed by atoms with E-state index in [-0.39, 0.29) is 28.1 Å². The molecule has 0 aliphatic heterocycles. The van der Waals surface area contributed by atoms with Crippen molar-refractivity contribution in [3.05, 3.63) is 40.5 Å². The summed E-state index contributed by atoms with van der Waals surface area (Å²) in [6.45, 7) is 0. The molecule has 0 unspecified atom stereocenters. The Morgan fingerprint density at radius 2 is 2.06 bits per heavy atom. The third-order valence-corrected chi connectivity index (χ3v) is 2.50. The summed E-state index contributed by atoms with van der Waals surface area (Å²) in [5, 5.41) is 10.1. The molecule has 3 N–H and O–H groups in total. The third-order valence-electron chi connectivity index (χ3n) is 2.02. The second-order valence-electron chi connectivity index (χ2n) is 3.23. The fraction of sp³-hybridized carbons (Fsp3) is 0. The van der Waals surface area contributed by atoms with E-state index in [0.29, 0.717) is 5.02 Å². The number of nitrogen functional groups attached to an aromatic ring is 1. The van der Waals surface area contributed by atoms with Gasteiger partial charge in [0.15, 0.2) is 5.75 Å². The molecular weight excluding hydrogens is 263 g/mol. The lowest BCUT2D eigenvalue weighted by Gasteiger charge is -2.09. The zero-order chi connectivity index (χ0) is 12.4. The van der Waals surface area contributed by atoms with Crippen LogP contribution in [0.3, 0.4) is 0 Å². The number of phenols is 1. The fourth-order valence-corrected chi connectivity index (χ4v) is 1.62. The van der Waals surface area contributed by atoms with Gasteiger partial charge in [0.25, 0.3) is 0 Å². The van der Waals surface area contributed by atoms with E-state index in [4.69, 9.17) is 33.7 Å². The average Bonchev–Trinajstić information content (AvgIpc) is 2.28. The zero-order valence-electron chi connectivity index (χ0n) is 8.52. The lowest BCUT2D eigenvalue weighted by atomic mass is 10.3. The maximum atomic E-state index is 9.41. The molecule has 0 atom stereocenters. The number of halogens is 2. The number of rotatable bonds is 2. The van der Waals surface area contributed by atoms with Crippen molar-refractivity contribution >= 4 is 28.9 Å². The second-order valence-corrected chi connectivity index (χ2v) is 4.08. The Hall–Kier alpha value is -1.65. The molecule has 2 aromatic rings. The molecule has 0 saturated carbocycles. The van der Waals surface area contributed by atoms with Crippen LogP contribution in [-0.2, 0) is 0 Å². The molecular formula is C11H8Cl2N2O2. The molecule has 0 radical (unpaired) electrons. The molecule has 0 bridgehead atoms. The molecule has 17 heavy (non-hydrogen) atoms. The molecule has 1 aromatic heterocycles. The molecule has 1 aromatic carbocycles. The van der Waals surface area contributed by atoms with Crippen LogP contribution in [0, 0.1) is 0 Å². The minimum absolute atomic E-state index is 0.0624. The third kappa shape index (κ3) is 2.54. The molecule has 4 nitrogen and oxygen atoms in total. The Morgan fingerprint density at radius 3 is 2.76 bits per heavy atom. The van der Waals surface area contributed by atoms with Crippen molar-refractivity contribution in [3.63, 3.8) is 0 Å². The number of phenolic OH excluding ortho intramolecular Hbond substituents is 1. The van der Waals surface area contributed by atoms with Gasteiger partial charge in [0.1, 0.15) is 16.5 Å². The predicted molar refractivity (Wildman–Crippen MR) is 66.9 cm³/mol. The summed E-state index contributed by atoms with van der Waals surface area (Å²) in [4.78, 5) is 3.92. The van der Waals surface area contributed by atoms with Gasteiger partial charge in [0.05, 0.1) is 5.02 Å². The van der Waals surface area contributed by atoms with Gasteiger partial charge < -0.3 is 15.6 Å². The van der Waals surface area contributed by atoms with E-state index >= 15 is 0 Å². The Bertz CT molecular complexity index is 561. The Balaban J connectivity index is 2.35. The van der Waals surface area contributed by atoms with Gasteiger partial charge in [0.2, 0.25) is 5.88 Å². The normalized spacial score (nSPS) is 10.2. The quantitative estimate of drug-likeness (QED) is 0.648. The van der Waals surface area contributed by atoms with Gasteiger partial charge >= 0.3 is 0 Å². The monoisotopic (exact) mass is 270 g/mol. The maximum Gasteiger partial charge on any atom is 0.238 e. The maximum absolute atomic E-state index is 9.41. The van der Waals surface area contributed by atoms with Gasteiger partial charge in [-0.1, -0.05) is 29.3 Å². The van der Waals surface area contributed by atoms with Gasteiger partial charge in [-0.3, -0.25) is 0 Å². The van der Waals surface area contributed by atoms with Crippen LogP contribution < -0.4 is 10.5 Å². The molecule has 0 aliphatic carbocycles. The van der Waals surface area contributed by atoms with E-state index in [1.54, 1.807) is 12.1 Å².